The van der Waals surface area contributed by atoms with Crippen molar-refractivity contribution in [3.63, 3.8) is 0 Å². The van der Waals surface area contributed by atoms with E-state index < -0.39 is 0 Å². The number of aryl methyl sites for hydroxylation is 2. The Balaban J connectivity index is 1.84. The Morgan fingerprint density at radius 1 is 1.18 bits per heavy atom. The molecule has 0 radical (unpaired) electrons. The highest BCUT2D eigenvalue weighted by atomic mass is 16.5. The summed E-state index contributed by atoms with van der Waals surface area (Å²) < 4.78 is 12.4. The lowest BCUT2D eigenvalue weighted by atomic mass is 10.1. The van der Waals surface area contributed by atoms with Crippen LogP contribution in [-0.2, 0) is 13.5 Å². The van der Waals surface area contributed by atoms with Gasteiger partial charge in [-0.1, -0.05) is 5.16 Å². The minimum atomic E-state index is 0.580. The fraction of sp³-hybridized carbons (Fsp3) is 0.312. The van der Waals surface area contributed by atoms with Gasteiger partial charge in [-0.3, -0.25) is 4.68 Å². The summed E-state index contributed by atoms with van der Waals surface area (Å²) in [6.07, 6.45) is 0.592. The molecule has 0 amide bonds. The maximum atomic E-state index is 5.37. The number of rotatable bonds is 4. The second-order valence-electron chi connectivity index (χ2n) is 5.19. The molecule has 114 valence electrons. The van der Waals surface area contributed by atoms with E-state index >= 15 is 0 Å². The van der Waals surface area contributed by atoms with Crippen molar-refractivity contribution in [1.82, 2.24) is 19.9 Å². The molecule has 0 unspecified atom stereocenters. The van der Waals surface area contributed by atoms with Crippen LogP contribution in [0.1, 0.15) is 22.8 Å². The molecule has 0 saturated carbocycles. The van der Waals surface area contributed by atoms with Gasteiger partial charge in [0.15, 0.2) is 0 Å². The molecular weight excluding hydrogens is 280 g/mol. The van der Waals surface area contributed by atoms with Gasteiger partial charge in [0.1, 0.15) is 5.75 Å². The van der Waals surface area contributed by atoms with E-state index in [0.717, 1.165) is 28.3 Å². The third kappa shape index (κ3) is 2.59. The largest absolute Gasteiger partial charge is 0.497 e. The summed E-state index contributed by atoms with van der Waals surface area (Å²) in [6.45, 7) is 4.03. The predicted octanol–water partition coefficient (Wildman–Crippen LogP) is 2.69. The molecule has 0 aliphatic carbocycles. The van der Waals surface area contributed by atoms with Crippen LogP contribution in [0.4, 0.5) is 0 Å². The van der Waals surface area contributed by atoms with Crippen molar-refractivity contribution in [2.45, 2.75) is 20.3 Å². The molecule has 2 aromatic heterocycles. The lowest BCUT2D eigenvalue weighted by Gasteiger charge is -1.99. The van der Waals surface area contributed by atoms with Gasteiger partial charge in [-0.25, -0.2) is 0 Å². The van der Waals surface area contributed by atoms with Gasteiger partial charge in [-0.05, 0) is 38.1 Å². The average Bonchev–Trinajstić information content (AvgIpc) is 3.08. The van der Waals surface area contributed by atoms with Gasteiger partial charge < -0.3 is 9.26 Å². The van der Waals surface area contributed by atoms with E-state index in [2.05, 4.69) is 15.2 Å². The van der Waals surface area contributed by atoms with Crippen LogP contribution in [0.25, 0.3) is 11.4 Å². The summed E-state index contributed by atoms with van der Waals surface area (Å²) in [4.78, 5) is 4.47. The van der Waals surface area contributed by atoms with Crippen LogP contribution < -0.4 is 4.74 Å². The van der Waals surface area contributed by atoms with E-state index in [-0.39, 0.29) is 0 Å². The van der Waals surface area contributed by atoms with Gasteiger partial charge in [-0.15, -0.1) is 0 Å². The Morgan fingerprint density at radius 2 is 1.91 bits per heavy atom. The zero-order valence-corrected chi connectivity index (χ0v) is 13.1. The van der Waals surface area contributed by atoms with Crippen LogP contribution in [0.5, 0.6) is 5.75 Å². The fourth-order valence-corrected chi connectivity index (χ4v) is 2.41. The van der Waals surface area contributed by atoms with E-state index in [9.17, 15) is 0 Å². The molecule has 0 atom stereocenters. The smallest absolute Gasteiger partial charge is 0.231 e. The van der Waals surface area contributed by atoms with Crippen LogP contribution in [0.3, 0.4) is 0 Å². The highest BCUT2D eigenvalue weighted by Gasteiger charge is 2.15. The number of hydrogen-bond donors (Lipinski definition) is 0. The maximum Gasteiger partial charge on any atom is 0.231 e. The second kappa shape index (κ2) is 5.63. The highest BCUT2D eigenvalue weighted by Crippen LogP contribution is 2.21. The average molecular weight is 298 g/mol. The van der Waals surface area contributed by atoms with Gasteiger partial charge in [0.2, 0.25) is 11.7 Å². The quantitative estimate of drug-likeness (QED) is 0.741. The number of hydrogen-bond acceptors (Lipinski definition) is 5. The SMILES string of the molecule is COc1ccc(-c2noc(Cc3c(C)nn(C)c3C)n2)cc1. The molecule has 0 N–H and O–H groups in total. The van der Waals surface area contributed by atoms with Gasteiger partial charge >= 0.3 is 0 Å². The van der Waals surface area contributed by atoms with Crippen molar-refractivity contribution in [2.24, 2.45) is 7.05 Å². The van der Waals surface area contributed by atoms with E-state index in [1.807, 2.05) is 49.8 Å². The molecule has 6 heteroatoms. The molecule has 0 fully saturated rings. The summed E-state index contributed by atoms with van der Waals surface area (Å²) in [7, 11) is 3.57. The number of aromatic nitrogens is 4. The van der Waals surface area contributed by atoms with Crippen molar-refractivity contribution in [2.75, 3.05) is 7.11 Å². The molecule has 3 aromatic rings. The van der Waals surface area contributed by atoms with Gasteiger partial charge in [0.05, 0.1) is 19.2 Å². The van der Waals surface area contributed by atoms with Gasteiger partial charge in [-0.2, -0.15) is 10.1 Å². The van der Waals surface area contributed by atoms with E-state index in [1.54, 1.807) is 7.11 Å². The Kier molecular flexibility index (Phi) is 3.66. The summed E-state index contributed by atoms with van der Waals surface area (Å²) in [5, 5.41) is 8.45. The van der Waals surface area contributed by atoms with Crippen LogP contribution in [-0.4, -0.2) is 27.0 Å². The monoisotopic (exact) mass is 298 g/mol. The molecule has 22 heavy (non-hydrogen) atoms. The lowest BCUT2D eigenvalue weighted by molar-refractivity contribution is 0.385. The molecule has 1 aromatic carbocycles. The minimum absolute atomic E-state index is 0.580. The van der Waals surface area contributed by atoms with Gasteiger partial charge in [0.25, 0.3) is 0 Å². The molecule has 0 bridgehead atoms. The van der Waals surface area contributed by atoms with Crippen molar-refractivity contribution in [1.29, 1.82) is 0 Å². The number of ether oxygens (including phenoxy) is 1. The molecule has 0 aliphatic rings. The highest BCUT2D eigenvalue weighted by molar-refractivity contribution is 5.55. The Bertz CT molecular complexity index is 787. The summed E-state index contributed by atoms with van der Waals surface area (Å²) in [5.74, 6) is 1.97. The standard InChI is InChI=1S/C16H18N4O2/c1-10-14(11(2)20(3)18-10)9-15-17-16(19-22-15)12-5-7-13(21-4)8-6-12/h5-8H,9H2,1-4H3. The summed E-state index contributed by atoms with van der Waals surface area (Å²) >= 11 is 0. The third-order valence-electron chi connectivity index (χ3n) is 3.80. The van der Waals surface area contributed by atoms with E-state index in [4.69, 9.17) is 9.26 Å². The van der Waals surface area contributed by atoms with Crippen LogP contribution in [0.15, 0.2) is 28.8 Å². The lowest BCUT2D eigenvalue weighted by Crippen LogP contribution is -1.95. The van der Waals surface area contributed by atoms with E-state index in [0.29, 0.717) is 18.1 Å². The normalized spacial score (nSPS) is 10.9. The zero-order chi connectivity index (χ0) is 15.7. The first-order valence-corrected chi connectivity index (χ1v) is 7.04. The number of benzene rings is 1. The number of nitrogens with zero attached hydrogens (tertiary/aromatic N) is 4. The fourth-order valence-electron chi connectivity index (χ4n) is 2.41. The molecule has 3 rings (SSSR count). The first kappa shape index (κ1) is 14.3. The molecule has 0 aliphatic heterocycles. The van der Waals surface area contributed by atoms with Crippen LogP contribution in [0, 0.1) is 13.8 Å². The zero-order valence-electron chi connectivity index (χ0n) is 13.1. The van der Waals surface area contributed by atoms with Crippen molar-refractivity contribution in [3.8, 4) is 17.1 Å². The van der Waals surface area contributed by atoms with Gasteiger partial charge in [0, 0.05) is 23.9 Å². The molecule has 0 saturated heterocycles. The third-order valence-corrected chi connectivity index (χ3v) is 3.80. The summed E-state index contributed by atoms with van der Waals surface area (Å²) in [5.41, 5.74) is 4.13. The van der Waals surface area contributed by atoms with Crippen LogP contribution in [0.2, 0.25) is 0 Å². The summed E-state index contributed by atoms with van der Waals surface area (Å²) in [6, 6.07) is 7.57. The minimum Gasteiger partial charge on any atom is -0.497 e. The van der Waals surface area contributed by atoms with E-state index in [1.165, 1.54) is 0 Å². The molecule has 2 heterocycles. The maximum absolute atomic E-state index is 5.37. The van der Waals surface area contributed by atoms with Crippen molar-refractivity contribution in [3.05, 3.63) is 47.1 Å². The molecule has 6 nitrogen and oxygen atoms in total. The Hall–Kier alpha value is -2.63. The topological polar surface area (TPSA) is 66.0 Å². The first-order chi connectivity index (χ1) is 10.6. The van der Waals surface area contributed by atoms with Crippen molar-refractivity contribution >= 4 is 0 Å². The Morgan fingerprint density at radius 3 is 2.50 bits per heavy atom. The molecule has 0 spiro atoms. The van der Waals surface area contributed by atoms with Crippen LogP contribution >= 0.6 is 0 Å². The first-order valence-electron chi connectivity index (χ1n) is 7.04. The molecular formula is C16H18N4O2. The Labute approximate surface area is 128 Å². The second-order valence-corrected chi connectivity index (χ2v) is 5.19. The number of methoxy groups -OCH3 is 1. The van der Waals surface area contributed by atoms with Crippen molar-refractivity contribution < 1.29 is 9.26 Å². The predicted molar refractivity (Wildman–Crippen MR) is 81.8 cm³/mol.